The first-order valence-corrected chi connectivity index (χ1v) is 2.86. The topological polar surface area (TPSA) is 17.1 Å². The van der Waals surface area contributed by atoms with Crippen molar-refractivity contribution in [1.29, 1.82) is 0 Å². The zero-order chi connectivity index (χ0) is 5.98. The molecule has 1 rings (SSSR count). The van der Waals surface area contributed by atoms with E-state index in [1.807, 2.05) is 12.2 Å². The molecule has 0 N–H and O–H groups in total. The predicted molar refractivity (Wildman–Crippen MR) is 26.8 cm³/mol. The van der Waals surface area contributed by atoms with Crippen LogP contribution < -0.4 is 9.41 Å². The smallest absolute Gasteiger partial charge is 1.00 e. The summed E-state index contributed by atoms with van der Waals surface area (Å²) < 4.78 is -0.123. The van der Waals surface area contributed by atoms with Gasteiger partial charge in [-0.3, -0.25) is 0 Å². The van der Waals surface area contributed by atoms with Gasteiger partial charge in [0.05, 0.1) is 0 Å². The molecule has 0 aromatic heterocycles. The molecule has 0 unspecified atom stereocenters. The predicted octanol–water partition coefficient (Wildman–Crippen LogP) is -5.05. The second-order valence-electron chi connectivity index (χ2n) is 1.58. The van der Waals surface area contributed by atoms with Crippen molar-refractivity contribution in [2.75, 3.05) is 0 Å². The Morgan fingerprint density at radius 2 is 2.10 bits per heavy atom. The van der Waals surface area contributed by atoms with Crippen LogP contribution in [0.1, 0.15) is 6.42 Å². The molecule has 0 radical (unpaired) electrons. The second kappa shape index (κ2) is 5.31. The van der Waals surface area contributed by atoms with E-state index < -0.39 is 0 Å². The van der Waals surface area contributed by atoms with Gasteiger partial charge in [0.15, 0.2) is 0 Å². The first-order chi connectivity index (χ1) is 3.80. The second-order valence-corrected chi connectivity index (χ2v) is 2.05. The molecule has 0 aromatic rings. The van der Waals surface area contributed by atoms with Gasteiger partial charge in [0.25, 0.3) is 0 Å². The van der Waals surface area contributed by atoms with Gasteiger partial charge in [-0.2, -0.15) is 0 Å². The molecule has 0 heterocycles. The molecule has 1 aliphatic rings. The minimum Gasteiger partial charge on any atom is -1.00 e. The van der Waals surface area contributed by atoms with Gasteiger partial charge in [0, 0.05) is 0 Å². The summed E-state index contributed by atoms with van der Waals surface area (Å²) in [5, 5.41) is 0. The molecule has 0 saturated heterocycles. The zero-order valence-corrected chi connectivity index (χ0v) is 5.98. The van der Waals surface area contributed by atoms with Gasteiger partial charge < -0.3 is 9.41 Å². The van der Waals surface area contributed by atoms with Gasteiger partial charge in [-0.25, -0.2) is 0 Å². The Labute approximate surface area is 65.5 Å². The monoisotopic (exact) mass is 190 g/mol. The average Bonchev–Trinajstić information content (AvgIpc) is 2.12. The van der Waals surface area contributed by atoms with E-state index in [-0.39, 0.29) is 14.1 Å². The zero-order valence-electron chi connectivity index (χ0n) is 4.94. The van der Waals surface area contributed by atoms with Gasteiger partial charge in [-0.15, -0.1) is 0 Å². The van der Waals surface area contributed by atoms with E-state index in [1.54, 1.807) is 6.08 Å². The minimum absolute atomic E-state index is 0. The van der Waals surface area contributed by atoms with Crippen LogP contribution in [0.3, 0.4) is 0 Å². The first-order valence-electron chi connectivity index (χ1n) is 2.34. The maximum absolute atomic E-state index is 10.4. The molecule has 0 aromatic carbocycles. The standard InChI is InChI=1S/C6H5O.Co.2FH/c7-5-6-3-1-2-4-6;;;/h1-3H,4H2;;2*1H/q;+2;;/p-2. The molecule has 0 spiro atoms. The third-order valence-corrected chi connectivity index (χ3v) is 1.34. The number of rotatable bonds is 1. The fourth-order valence-corrected chi connectivity index (χ4v) is 0.778. The van der Waals surface area contributed by atoms with Crippen LogP contribution in [0, 0.1) is 0 Å². The Balaban J connectivity index is 0. The van der Waals surface area contributed by atoms with Crippen LogP contribution in [0.25, 0.3) is 0 Å². The van der Waals surface area contributed by atoms with E-state index in [9.17, 15) is 4.79 Å². The summed E-state index contributed by atoms with van der Waals surface area (Å²) in [5.74, 6) is 0. The Kier molecular flexibility index (Phi) is 6.49. The van der Waals surface area contributed by atoms with Crippen LogP contribution in [-0.2, 0) is 20.5 Å². The summed E-state index contributed by atoms with van der Waals surface area (Å²) in [7, 11) is 0. The third kappa shape index (κ3) is 2.89. The molecule has 1 nitrogen and oxygen atoms in total. The number of hydrogen-bond donors (Lipinski definition) is 0. The number of halogens is 2. The quantitative estimate of drug-likeness (QED) is 0.404. The van der Waals surface area contributed by atoms with Crippen LogP contribution >= 0.6 is 0 Å². The van der Waals surface area contributed by atoms with E-state index >= 15 is 0 Å². The summed E-state index contributed by atoms with van der Waals surface area (Å²) in [5.41, 5.74) is 0.782. The van der Waals surface area contributed by atoms with Crippen molar-refractivity contribution in [3.8, 4) is 0 Å². The SMILES string of the molecule is O=[C]([Co+2])C1=CC=CC1.[F-].[F-]. The Bertz CT molecular complexity index is 175. The van der Waals surface area contributed by atoms with E-state index in [0.717, 1.165) is 12.0 Å². The molecule has 10 heavy (non-hydrogen) atoms. The Morgan fingerprint density at radius 3 is 2.30 bits per heavy atom. The molecular formula is C6H5CoF2O. The number of hydrogen-bond acceptors (Lipinski definition) is 1. The maximum Gasteiger partial charge on any atom is -1.00 e. The van der Waals surface area contributed by atoms with Crippen LogP contribution in [0.2, 0.25) is 0 Å². The number of carbonyl (C=O) groups is 1. The van der Waals surface area contributed by atoms with E-state index in [2.05, 4.69) is 15.7 Å². The fourth-order valence-electron chi connectivity index (χ4n) is 0.585. The average molecular weight is 190 g/mol. The van der Waals surface area contributed by atoms with Crippen molar-refractivity contribution in [2.45, 2.75) is 6.42 Å². The van der Waals surface area contributed by atoms with Crippen LogP contribution in [-0.4, -0.2) is 4.72 Å². The Morgan fingerprint density at radius 1 is 1.50 bits per heavy atom. The van der Waals surface area contributed by atoms with Crippen molar-refractivity contribution >= 4 is 4.72 Å². The molecule has 4 heteroatoms. The van der Waals surface area contributed by atoms with E-state index in [4.69, 9.17) is 0 Å². The van der Waals surface area contributed by atoms with Crippen LogP contribution in [0.15, 0.2) is 23.8 Å². The number of allylic oxidation sites excluding steroid dienone is 4. The van der Waals surface area contributed by atoms with Crippen molar-refractivity contribution in [3.05, 3.63) is 23.8 Å². The summed E-state index contributed by atoms with van der Waals surface area (Å²) >= 11 is 3.69. The molecule has 0 atom stereocenters. The van der Waals surface area contributed by atoms with Gasteiger partial charge >= 0.3 is 55.5 Å². The van der Waals surface area contributed by atoms with Gasteiger partial charge in [0.1, 0.15) is 0 Å². The molecule has 0 bridgehead atoms. The normalized spacial score (nSPS) is 13.1. The molecular weight excluding hydrogens is 185 g/mol. The molecule has 58 valence electrons. The summed E-state index contributed by atoms with van der Waals surface area (Å²) in [6.45, 7) is 0. The largest absolute Gasteiger partial charge is 1.00 e. The van der Waals surface area contributed by atoms with Crippen LogP contribution in [0.4, 0.5) is 0 Å². The molecule has 0 fully saturated rings. The first kappa shape index (κ1) is 12.2. The van der Waals surface area contributed by atoms with E-state index in [0.29, 0.717) is 0 Å². The van der Waals surface area contributed by atoms with Crippen molar-refractivity contribution in [1.82, 2.24) is 0 Å². The third-order valence-electron chi connectivity index (χ3n) is 1.01. The summed E-state index contributed by atoms with van der Waals surface area (Å²) in [6.07, 6.45) is 6.33. The summed E-state index contributed by atoms with van der Waals surface area (Å²) in [6, 6.07) is 0. The fraction of sp³-hybridized carbons (Fsp3) is 0.167. The minimum atomic E-state index is -0.123. The molecule has 1 aliphatic carbocycles. The van der Waals surface area contributed by atoms with Crippen LogP contribution in [0.5, 0.6) is 0 Å². The maximum atomic E-state index is 10.4. The molecule has 0 saturated carbocycles. The molecule has 0 amide bonds. The Hall–Kier alpha value is -0.484. The van der Waals surface area contributed by atoms with Gasteiger partial charge in [0.2, 0.25) is 0 Å². The number of carbonyl (C=O) groups excluding carboxylic acids is 1. The van der Waals surface area contributed by atoms with Gasteiger partial charge in [-0.1, -0.05) is 0 Å². The van der Waals surface area contributed by atoms with Crippen molar-refractivity contribution in [2.24, 2.45) is 0 Å². The van der Waals surface area contributed by atoms with Crippen molar-refractivity contribution in [3.63, 3.8) is 0 Å². The summed E-state index contributed by atoms with van der Waals surface area (Å²) in [4.78, 5) is 10.4. The van der Waals surface area contributed by atoms with E-state index in [1.165, 1.54) is 0 Å². The van der Waals surface area contributed by atoms with Crippen molar-refractivity contribution < 1.29 is 29.9 Å². The molecule has 0 aliphatic heterocycles. The van der Waals surface area contributed by atoms with Gasteiger partial charge in [-0.05, 0) is 0 Å².